The Labute approximate surface area is 144 Å². The number of hydrogen-bond acceptors (Lipinski definition) is 3. The summed E-state index contributed by atoms with van der Waals surface area (Å²) in [6, 6.07) is 8.85. The van der Waals surface area contributed by atoms with Crippen LogP contribution in [0.5, 0.6) is 0 Å². The number of amides is 1. The molecule has 8 heteroatoms. The molecule has 1 N–H and O–H groups in total. The van der Waals surface area contributed by atoms with Gasteiger partial charge in [0.05, 0.1) is 11.9 Å². The Balaban J connectivity index is 1.98. The minimum atomic E-state index is -1.66. The summed E-state index contributed by atoms with van der Waals surface area (Å²) in [5.74, 6) is -5.24. The van der Waals surface area contributed by atoms with Gasteiger partial charge in [0.25, 0.3) is 5.91 Å². The van der Waals surface area contributed by atoms with Gasteiger partial charge in [-0.05, 0) is 25.1 Å². The van der Waals surface area contributed by atoms with E-state index in [4.69, 9.17) is 4.84 Å². The molecule has 2 aromatic rings. The molecule has 0 bridgehead atoms. The second-order valence-corrected chi connectivity index (χ2v) is 5.57. The summed E-state index contributed by atoms with van der Waals surface area (Å²) in [6.07, 6.45) is 0.322. The van der Waals surface area contributed by atoms with Crippen molar-refractivity contribution in [1.82, 2.24) is 0 Å². The van der Waals surface area contributed by atoms with Crippen LogP contribution in [0.25, 0.3) is 0 Å². The number of nitrogens with one attached hydrogen (secondary N) is 1. The van der Waals surface area contributed by atoms with Gasteiger partial charge in [0.2, 0.25) is 6.10 Å². The predicted octanol–water partition coefficient (Wildman–Crippen LogP) is 4.24. The van der Waals surface area contributed by atoms with Crippen LogP contribution in [0.1, 0.15) is 12.5 Å². The number of carbonyl (C=O) groups excluding carboxylic acids is 1. The molecule has 4 nitrogen and oxygen atoms in total. The Morgan fingerprint density at radius 1 is 1.21 bits per heavy atom. The van der Waals surface area contributed by atoms with Crippen LogP contribution in [-0.2, 0) is 9.63 Å². The molecular formula is C16H12BrF3N2O2. The second kappa shape index (κ2) is 7.96. The van der Waals surface area contributed by atoms with Crippen LogP contribution in [0.3, 0.4) is 0 Å². The smallest absolute Gasteiger partial charge is 0.268 e. The highest BCUT2D eigenvalue weighted by Gasteiger charge is 2.19. The first-order valence-corrected chi connectivity index (χ1v) is 7.57. The maximum absolute atomic E-state index is 13.5. The van der Waals surface area contributed by atoms with E-state index in [1.54, 1.807) is 12.1 Å². The number of anilines is 1. The number of nitrogens with zero attached hydrogens (tertiary/aromatic N) is 1. The summed E-state index contributed by atoms with van der Waals surface area (Å²) in [6.45, 7) is 1.38. The molecular weight excluding hydrogens is 389 g/mol. The fourth-order valence-corrected chi connectivity index (χ4v) is 2.05. The molecule has 0 fully saturated rings. The third-order valence-corrected chi connectivity index (χ3v) is 3.70. The van der Waals surface area contributed by atoms with Crippen LogP contribution < -0.4 is 5.32 Å². The van der Waals surface area contributed by atoms with Crippen molar-refractivity contribution in [3.05, 3.63) is 63.9 Å². The summed E-state index contributed by atoms with van der Waals surface area (Å²) in [7, 11) is 0. The lowest BCUT2D eigenvalue weighted by Gasteiger charge is -2.11. The summed E-state index contributed by atoms with van der Waals surface area (Å²) in [4.78, 5) is 16.8. The molecule has 0 spiro atoms. The standard InChI is InChI=1S/C16H12BrF3N2O2/c1-9(24-21-8-10-4-2-3-5-11(10)17)16(23)22-13-7-6-12(18)14(19)15(13)20/h2-9H,1H3,(H,22,23)/b21-8-/t9-/m1/s1. The normalized spacial score (nSPS) is 12.2. The van der Waals surface area contributed by atoms with Gasteiger partial charge in [-0.15, -0.1) is 0 Å². The molecule has 24 heavy (non-hydrogen) atoms. The van der Waals surface area contributed by atoms with E-state index in [0.29, 0.717) is 6.07 Å². The Morgan fingerprint density at radius 2 is 1.92 bits per heavy atom. The molecule has 1 atom stereocenters. The van der Waals surface area contributed by atoms with E-state index < -0.39 is 35.2 Å². The van der Waals surface area contributed by atoms with Crippen molar-refractivity contribution in [1.29, 1.82) is 0 Å². The van der Waals surface area contributed by atoms with Gasteiger partial charge < -0.3 is 10.2 Å². The van der Waals surface area contributed by atoms with E-state index in [-0.39, 0.29) is 0 Å². The topological polar surface area (TPSA) is 50.7 Å². The Hall–Kier alpha value is -2.35. The van der Waals surface area contributed by atoms with Crippen LogP contribution in [0.2, 0.25) is 0 Å². The molecule has 0 aliphatic rings. The van der Waals surface area contributed by atoms with E-state index in [1.807, 2.05) is 12.1 Å². The van der Waals surface area contributed by atoms with Gasteiger partial charge in [-0.1, -0.05) is 39.3 Å². The average Bonchev–Trinajstić information content (AvgIpc) is 2.57. The summed E-state index contributed by atoms with van der Waals surface area (Å²) < 4.78 is 40.2. The van der Waals surface area contributed by atoms with Crippen molar-refractivity contribution in [3.63, 3.8) is 0 Å². The first-order valence-electron chi connectivity index (χ1n) is 6.78. The Morgan fingerprint density at radius 3 is 2.62 bits per heavy atom. The highest BCUT2D eigenvalue weighted by atomic mass is 79.9. The molecule has 0 saturated carbocycles. The van der Waals surface area contributed by atoms with Crippen LogP contribution in [0, 0.1) is 17.5 Å². The van der Waals surface area contributed by atoms with Gasteiger partial charge >= 0.3 is 0 Å². The van der Waals surface area contributed by atoms with Gasteiger partial charge in [0.1, 0.15) is 0 Å². The number of hydrogen-bond donors (Lipinski definition) is 1. The lowest BCUT2D eigenvalue weighted by atomic mass is 10.2. The maximum Gasteiger partial charge on any atom is 0.268 e. The van der Waals surface area contributed by atoms with Gasteiger partial charge in [0.15, 0.2) is 17.5 Å². The molecule has 0 aromatic heterocycles. The summed E-state index contributed by atoms with van der Waals surface area (Å²) >= 11 is 3.32. The van der Waals surface area contributed by atoms with Crippen molar-refractivity contribution in [3.8, 4) is 0 Å². The third-order valence-electron chi connectivity index (χ3n) is 2.98. The Bertz CT molecular complexity index is 784. The van der Waals surface area contributed by atoms with Crippen molar-refractivity contribution in [2.24, 2.45) is 5.16 Å². The highest BCUT2D eigenvalue weighted by molar-refractivity contribution is 9.10. The van der Waals surface area contributed by atoms with E-state index >= 15 is 0 Å². The first-order chi connectivity index (χ1) is 11.4. The number of benzene rings is 2. The fraction of sp³-hybridized carbons (Fsp3) is 0.125. The van der Waals surface area contributed by atoms with Crippen LogP contribution in [-0.4, -0.2) is 18.2 Å². The molecule has 0 aliphatic heterocycles. The van der Waals surface area contributed by atoms with Crippen LogP contribution in [0.4, 0.5) is 18.9 Å². The third kappa shape index (κ3) is 4.35. The number of carbonyl (C=O) groups is 1. The lowest BCUT2D eigenvalue weighted by Crippen LogP contribution is -2.27. The van der Waals surface area contributed by atoms with Crippen molar-refractivity contribution >= 4 is 33.7 Å². The highest BCUT2D eigenvalue weighted by Crippen LogP contribution is 2.20. The zero-order chi connectivity index (χ0) is 17.7. The number of halogens is 4. The van der Waals surface area contributed by atoms with Crippen molar-refractivity contribution < 1.29 is 22.8 Å². The van der Waals surface area contributed by atoms with Crippen LogP contribution >= 0.6 is 15.9 Å². The Kier molecular flexibility index (Phi) is 5.97. The summed E-state index contributed by atoms with van der Waals surface area (Å²) in [5, 5.41) is 5.78. The zero-order valence-electron chi connectivity index (χ0n) is 12.4. The SMILES string of the molecule is C[C@@H](O/N=C\c1ccccc1Br)C(=O)Nc1ccc(F)c(F)c1F. The predicted molar refractivity (Wildman–Crippen MR) is 87.2 cm³/mol. The molecule has 0 aliphatic carbocycles. The lowest BCUT2D eigenvalue weighted by molar-refractivity contribution is -0.126. The monoisotopic (exact) mass is 400 g/mol. The molecule has 2 aromatic carbocycles. The van der Waals surface area contributed by atoms with Gasteiger partial charge in [-0.2, -0.15) is 0 Å². The van der Waals surface area contributed by atoms with Gasteiger partial charge in [0, 0.05) is 10.0 Å². The van der Waals surface area contributed by atoms with Crippen molar-refractivity contribution in [2.45, 2.75) is 13.0 Å². The molecule has 0 radical (unpaired) electrons. The molecule has 1 amide bonds. The van der Waals surface area contributed by atoms with E-state index in [1.165, 1.54) is 13.1 Å². The fourth-order valence-electron chi connectivity index (χ4n) is 1.66. The summed E-state index contributed by atoms with van der Waals surface area (Å²) in [5.41, 5.74) is 0.251. The maximum atomic E-state index is 13.5. The average molecular weight is 401 g/mol. The second-order valence-electron chi connectivity index (χ2n) is 4.72. The van der Waals surface area contributed by atoms with E-state index in [2.05, 4.69) is 26.4 Å². The molecule has 0 heterocycles. The van der Waals surface area contributed by atoms with E-state index in [0.717, 1.165) is 16.1 Å². The quantitative estimate of drug-likeness (QED) is 0.463. The molecule has 2 rings (SSSR count). The van der Waals surface area contributed by atoms with Crippen molar-refractivity contribution in [2.75, 3.05) is 5.32 Å². The molecule has 0 saturated heterocycles. The minimum Gasteiger partial charge on any atom is -0.383 e. The largest absolute Gasteiger partial charge is 0.383 e. The minimum absolute atomic E-state index is 0.482. The number of oxime groups is 1. The molecule has 0 unspecified atom stereocenters. The first kappa shape index (κ1) is 18.0. The number of rotatable bonds is 5. The van der Waals surface area contributed by atoms with E-state index in [9.17, 15) is 18.0 Å². The van der Waals surface area contributed by atoms with Crippen LogP contribution in [0.15, 0.2) is 46.0 Å². The zero-order valence-corrected chi connectivity index (χ0v) is 14.0. The van der Waals surface area contributed by atoms with Gasteiger partial charge in [-0.3, -0.25) is 4.79 Å². The molecule has 126 valence electrons. The van der Waals surface area contributed by atoms with Gasteiger partial charge in [-0.25, -0.2) is 13.2 Å².